The van der Waals surface area contributed by atoms with Crippen LogP contribution in [0.2, 0.25) is 0 Å². The van der Waals surface area contributed by atoms with Gasteiger partial charge in [0.1, 0.15) is 30.0 Å². The Morgan fingerprint density at radius 1 is 1.03 bits per heavy atom. The van der Waals surface area contributed by atoms with Gasteiger partial charge in [0, 0.05) is 17.7 Å². The molecule has 2 fully saturated rings. The number of benzene rings is 2. The molecule has 2 aromatic rings. The highest BCUT2D eigenvalue weighted by Gasteiger charge is 2.35. The SMILES string of the molecule is O=P(O)(COc1ccc(CC2(NCC(O)COc3ccc(O)cc3)CCCC2)cc1Br)C1CCCCC1. The van der Waals surface area contributed by atoms with Gasteiger partial charge < -0.3 is 29.9 Å². The summed E-state index contributed by atoms with van der Waals surface area (Å²) in [4.78, 5) is 10.6. The molecular formula is C28H39BrNO6P. The van der Waals surface area contributed by atoms with Gasteiger partial charge in [-0.15, -0.1) is 0 Å². The van der Waals surface area contributed by atoms with Crippen molar-refractivity contribution in [2.75, 3.05) is 19.5 Å². The smallest absolute Gasteiger partial charge is 0.239 e. The van der Waals surface area contributed by atoms with Crippen LogP contribution in [0.4, 0.5) is 0 Å². The maximum atomic E-state index is 12.8. The molecular weight excluding hydrogens is 557 g/mol. The molecule has 37 heavy (non-hydrogen) atoms. The first kappa shape index (κ1) is 28.4. The number of aromatic hydroxyl groups is 1. The second-order valence-electron chi connectivity index (χ2n) is 10.6. The van der Waals surface area contributed by atoms with Crippen LogP contribution in [0.3, 0.4) is 0 Å². The van der Waals surface area contributed by atoms with E-state index in [1.165, 1.54) is 0 Å². The molecule has 0 aliphatic heterocycles. The molecule has 4 rings (SSSR count). The molecule has 0 spiro atoms. The van der Waals surface area contributed by atoms with Gasteiger partial charge in [0.05, 0.1) is 4.47 Å². The first-order valence-electron chi connectivity index (χ1n) is 13.3. The summed E-state index contributed by atoms with van der Waals surface area (Å²) < 4.78 is 25.1. The Hall–Kier alpha value is -1.57. The van der Waals surface area contributed by atoms with Crippen LogP contribution in [0.25, 0.3) is 0 Å². The highest BCUT2D eigenvalue weighted by atomic mass is 79.9. The van der Waals surface area contributed by atoms with E-state index >= 15 is 0 Å². The lowest BCUT2D eigenvalue weighted by atomic mass is 9.89. The molecule has 2 aliphatic rings. The molecule has 7 nitrogen and oxygen atoms in total. The van der Waals surface area contributed by atoms with Crippen molar-refractivity contribution < 1.29 is 29.1 Å². The van der Waals surface area contributed by atoms with Crippen LogP contribution < -0.4 is 14.8 Å². The van der Waals surface area contributed by atoms with Gasteiger partial charge in [-0.05, 0) is 90.0 Å². The maximum Gasteiger partial charge on any atom is 0.239 e. The van der Waals surface area contributed by atoms with E-state index in [0.717, 1.165) is 74.2 Å². The van der Waals surface area contributed by atoms with Crippen LogP contribution in [0.1, 0.15) is 63.4 Å². The zero-order valence-electron chi connectivity index (χ0n) is 21.3. The Morgan fingerprint density at radius 2 is 1.73 bits per heavy atom. The van der Waals surface area contributed by atoms with E-state index in [-0.39, 0.29) is 29.9 Å². The van der Waals surface area contributed by atoms with E-state index in [9.17, 15) is 19.7 Å². The molecule has 2 saturated carbocycles. The van der Waals surface area contributed by atoms with Gasteiger partial charge in [0.2, 0.25) is 7.37 Å². The van der Waals surface area contributed by atoms with Gasteiger partial charge in [0.15, 0.2) is 6.35 Å². The third-order valence-electron chi connectivity index (χ3n) is 7.64. The Bertz CT molecular complexity index is 1050. The number of β-amino-alcohol motifs (C(OH)–C–C–N with tert-alkyl or cyclic N) is 1. The maximum absolute atomic E-state index is 12.8. The van der Waals surface area contributed by atoms with Gasteiger partial charge in [-0.25, -0.2) is 0 Å². The molecule has 4 N–H and O–H groups in total. The minimum absolute atomic E-state index is 0.0941. The molecule has 0 radical (unpaired) electrons. The summed E-state index contributed by atoms with van der Waals surface area (Å²) in [5, 5.41) is 23.5. The monoisotopic (exact) mass is 595 g/mol. The Kier molecular flexibility index (Phi) is 9.98. The highest BCUT2D eigenvalue weighted by Crippen LogP contribution is 2.52. The third-order valence-corrected chi connectivity index (χ3v) is 10.4. The van der Waals surface area contributed by atoms with Crippen molar-refractivity contribution in [2.24, 2.45) is 0 Å². The number of nitrogens with one attached hydrogen (secondary N) is 1. The van der Waals surface area contributed by atoms with E-state index in [2.05, 4.69) is 21.2 Å². The predicted molar refractivity (Wildman–Crippen MR) is 149 cm³/mol. The molecule has 2 aliphatic carbocycles. The second-order valence-corrected chi connectivity index (χ2v) is 13.9. The van der Waals surface area contributed by atoms with Crippen LogP contribution in [-0.4, -0.2) is 51.9 Å². The fourth-order valence-corrected chi connectivity index (χ4v) is 7.76. The van der Waals surface area contributed by atoms with Crippen molar-refractivity contribution in [3.8, 4) is 17.2 Å². The minimum atomic E-state index is -3.34. The van der Waals surface area contributed by atoms with Crippen LogP contribution in [0.15, 0.2) is 46.9 Å². The Morgan fingerprint density at radius 3 is 2.41 bits per heavy atom. The van der Waals surface area contributed by atoms with E-state index in [1.807, 2.05) is 18.2 Å². The molecule has 204 valence electrons. The summed E-state index contributed by atoms with van der Waals surface area (Å²) in [7, 11) is -3.34. The highest BCUT2D eigenvalue weighted by molar-refractivity contribution is 9.10. The Labute approximate surface area is 228 Å². The van der Waals surface area contributed by atoms with Crippen molar-refractivity contribution in [1.82, 2.24) is 5.32 Å². The zero-order valence-corrected chi connectivity index (χ0v) is 23.8. The largest absolute Gasteiger partial charge is 0.508 e. The van der Waals surface area contributed by atoms with Crippen molar-refractivity contribution in [3.63, 3.8) is 0 Å². The van der Waals surface area contributed by atoms with E-state index in [4.69, 9.17) is 9.47 Å². The molecule has 2 atom stereocenters. The standard InChI is InChI=1S/C28H39BrNO6P/c29-26-16-21(8-13-27(26)36-20-37(33,34)25-6-2-1-3-7-25)17-28(14-4-5-15-28)30-18-23(32)19-35-24-11-9-22(31)10-12-24/h8-13,16,23,25,30-32H,1-7,14-15,17-20H2,(H,33,34). The van der Waals surface area contributed by atoms with Crippen molar-refractivity contribution in [3.05, 3.63) is 52.5 Å². The van der Waals surface area contributed by atoms with Crippen molar-refractivity contribution in [2.45, 2.75) is 81.5 Å². The molecule has 0 heterocycles. The summed E-state index contributed by atoms with van der Waals surface area (Å²) >= 11 is 3.60. The normalized spacial score (nSPS) is 20.3. The van der Waals surface area contributed by atoms with E-state index in [0.29, 0.717) is 18.0 Å². The van der Waals surface area contributed by atoms with E-state index in [1.54, 1.807) is 24.3 Å². The lowest BCUT2D eigenvalue weighted by Gasteiger charge is -2.32. The number of hydrogen-bond acceptors (Lipinski definition) is 6. The lowest BCUT2D eigenvalue weighted by Crippen LogP contribution is -2.48. The van der Waals surface area contributed by atoms with Gasteiger partial charge in [-0.2, -0.15) is 0 Å². The van der Waals surface area contributed by atoms with Crippen LogP contribution in [-0.2, 0) is 11.0 Å². The number of halogens is 1. The number of ether oxygens (including phenoxy) is 2. The molecule has 9 heteroatoms. The molecule has 0 amide bonds. The number of phenols is 1. The van der Waals surface area contributed by atoms with Gasteiger partial charge in [-0.1, -0.05) is 38.2 Å². The quantitative estimate of drug-likeness (QED) is 0.223. The van der Waals surface area contributed by atoms with Gasteiger partial charge in [0.25, 0.3) is 0 Å². The molecule has 2 unspecified atom stereocenters. The molecule has 0 saturated heterocycles. The minimum Gasteiger partial charge on any atom is -0.508 e. The first-order chi connectivity index (χ1) is 17.7. The number of rotatable bonds is 12. The summed E-state index contributed by atoms with van der Waals surface area (Å²) in [6.45, 7) is 0.592. The summed E-state index contributed by atoms with van der Waals surface area (Å²) in [5.41, 5.74) is 0.903. The van der Waals surface area contributed by atoms with E-state index < -0.39 is 13.5 Å². The topological polar surface area (TPSA) is 108 Å². The third kappa shape index (κ3) is 8.21. The fraction of sp³-hybridized carbons (Fsp3) is 0.571. The lowest BCUT2D eigenvalue weighted by molar-refractivity contribution is 0.0963. The summed E-state index contributed by atoms with van der Waals surface area (Å²) in [6.07, 6.45) is 9.16. The first-order valence-corrected chi connectivity index (χ1v) is 16.0. The average Bonchev–Trinajstić information content (AvgIpc) is 3.36. The Balaban J connectivity index is 1.30. The number of phenolic OH excluding ortho intramolecular Hbond substituents is 1. The fourth-order valence-electron chi connectivity index (χ4n) is 5.51. The average molecular weight is 596 g/mol. The van der Waals surface area contributed by atoms with Crippen LogP contribution in [0, 0.1) is 0 Å². The number of aliphatic hydroxyl groups excluding tert-OH is 1. The number of hydrogen-bond donors (Lipinski definition) is 4. The van der Waals surface area contributed by atoms with Gasteiger partial charge >= 0.3 is 0 Å². The van der Waals surface area contributed by atoms with Crippen LogP contribution in [0.5, 0.6) is 17.2 Å². The molecule has 0 bridgehead atoms. The number of aliphatic hydroxyl groups is 1. The predicted octanol–water partition coefficient (Wildman–Crippen LogP) is 5.98. The molecule has 0 aromatic heterocycles. The van der Waals surface area contributed by atoms with Crippen molar-refractivity contribution >= 4 is 23.3 Å². The van der Waals surface area contributed by atoms with Crippen molar-refractivity contribution in [1.29, 1.82) is 0 Å². The second kappa shape index (κ2) is 13.0. The summed E-state index contributed by atoms with van der Waals surface area (Å²) in [6, 6.07) is 12.4. The zero-order chi connectivity index (χ0) is 26.3. The van der Waals surface area contributed by atoms with Gasteiger partial charge in [-0.3, -0.25) is 4.57 Å². The molecule has 2 aromatic carbocycles. The van der Waals surface area contributed by atoms with Crippen LogP contribution >= 0.6 is 23.3 Å². The summed E-state index contributed by atoms with van der Waals surface area (Å²) in [5.74, 6) is 1.37.